The number of aromatic nitrogens is 3. The van der Waals surface area contributed by atoms with E-state index in [1.807, 2.05) is 12.5 Å². The first-order valence-electron chi connectivity index (χ1n) is 9.49. The molecule has 1 aromatic carbocycles. The van der Waals surface area contributed by atoms with Crippen LogP contribution in [0.15, 0.2) is 55.0 Å². The lowest BCUT2D eigenvalue weighted by Crippen LogP contribution is -2.40. The van der Waals surface area contributed by atoms with Crippen LogP contribution >= 0.6 is 0 Å². The molecule has 27 heavy (non-hydrogen) atoms. The molecule has 3 aromatic rings. The lowest BCUT2D eigenvalue weighted by molar-refractivity contribution is 0.271. The van der Waals surface area contributed by atoms with E-state index in [0.29, 0.717) is 6.61 Å². The first kappa shape index (κ1) is 18.1. The highest BCUT2D eigenvalue weighted by Gasteiger charge is 2.37. The zero-order chi connectivity index (χ0) is 19.2. The van der Waals surface area contributed by atoms with E-state index in [-0.39, 0.29) is 11.1 Å². The van der Waals surface area contributed by atoms with E-state index >= 15 is 0 Å². The Balaban J connectivity index is 1.64. The van der Waals surface area contributed by atoms with Gasteiger partial charge in [-0.25, -0.2) is 4.98 Å². The van der Waals surface area contributed by atoms with Crippen molar-refractivity contribution in [2.24, 2.45) is 0 Å². The first-order valence-corrected chi connectivity index (χ1v) is 12.4. The molecule has 0 radical (unpaired) electrons. The van der Waals surface area contributed by atoms with E-state index in [1.54, 1.807) is 0 Å². The van der Waals surface area contributed by atoms with Crippen LogP contribution in [0.3, 0.4) is 0 Å². The summed E-state index contributed by atoms with van der Waals surface area (Å²) in [6, 6.07) is 14.8. The minimum atomic E-state index is -1.80. The minimum Gasteiger partial charge on any atom is -0.411 e. The van der Waals surface area contributed by atoms with Gasteiger partial charge in [0.25, 0.3) is 0 Å². The Morgan fingerprint density at radius 1 is 1.07 bits per heavy atom. The van der Waals surface area contributed by atoms with E-state index < -0.39 is 8.32 Å². The number of hydrogen-bond donors (Lipinski definition) is 0. The Morgan fingerprint density at radius 2 is 1.85 bits per heavy atom. The molecule has 140 valence electrons. The third-order valence-electron chi connectivity index (χ3n) is 5.97. The highest BCUT2D eigenvalue weighted by Crippen LogP contribution is 2.42. The second-order valence-corrected chi connectivity index (χ2v) is 13.6. The van der Waals surface area contributed by atoms with Crippen LogP contribution in [-0.2, 0) is 11.0 Å². The molecule has 0 spiro atoms. The van der Waals surface area contributed by atoms with Gasteiger partial charge in [-0.2, -0.15) is 0 Å². The lowest BCUT2D eigenvalue weighted by Gasteiger charge is -2.36. The molecule has 1 atom stereocenters. The highest BCUT2D eigenvalue weighted by atomic mass is 28.4. The van der Waals surface area contributed by atoms with Gasteiger partial charge in [-0.15, -0.1) is 0 Å². The topological polar surface area (TPSA) is 39.9 Å². The monoisotopic (exact) mass is 377 g/mol. The van der Waals surface area contributed by atoms with Crippen molar-refractivity contribution < 1.29 is 4.43 Å². The molecule has 1 aliphatic heterocycles. The fourth-order valence-electron chi connectivity index (χ4n) is 3.34. The van der Waals surface area contributed by atoms with Crippen molar-refractivity contribution >= 4 is 8.32 Å². The Bertz CT molecular complexity index is 971. The van der Waals surface area contributed by atoms with Crippen LogP contribution in [0.5, 0.6) is 0 Å². The molecule has 5 heteroatoms. The average molecular weight is 378 g/mol. The normalized spacial score (nSPS) is 16.3. The van der Waals surface area contributed by atoms with Gasteiger partial charge in [0.2, 0.25) is 0 Å². The maximum atomic E-state index is 6.38. The lowest BCUT2D eigenvalue weighted by atomic mass is 10.0. The van der Waals surface area contributed by atoms with E-state index in [2.05, 4.69) is 85.9 Å². The number of imidazole rings is 1. The second-order valence-electron chi connectivity index (χ2n) is 8.78. The Hall–Kier alpha value is -2.24. The van der Waals surface area contributed by atoms with Gasteiger partial charge in [0.15, 0.2) is 8.32 Å². The fraction of sp³-hybridized carbons (Fsp3) is 0.364. The summed E-state index contributed by atoms with van der Waals surface area (Å²) in [5.41, 5.74) is 5.70. The van der Waals surface area contributed by atoms with Crippen molar-refractivity contribution in [3.05, 3.63) is 71.9 Å². The number of rotatable bonds is 4. The van der Waals surface area contributed by atoms with Crippen LogP contribution in [0.4, 0.5) is 0 Å². The van der Waals surface area contributed by atoms with E-state index in [1.165, 1.54) is 11.1 Å². The standard InChI is InChI=1S/C22H27N3OSi/c1-22(2,3)27(4,5)26-14-16-9-8-12-19(24-16)21-18-11-7-6-10-17(18)20-13-23-15-25(20)21/h6-13,15,21H,14H2,1-5H3. The molecule has 0 bridgehead atoms. The van der Waals surface area contributed by atoms with Gasteiger partial charge in [0.05, 0.1) is 36.2 Å². The molecule has 2 aromatic heterocycles. The second kappa shape index (κ2) is 6.43. The summed E-state index contributed by atoms with van der Waals surface area (Å²) in [5.74, 6) is 0. The number of pyridine rings is 1. The van der Waals surface area contributed by atoms with Gasteiger partial charge in [0, 0.05) is 5.56 Å². The number of hydrogen-bond acceptors (Lipinski definition) is 3. The van der Waals surface area contributed by atoms with Crippen molar-refractivity contribution in [2.75, 3.05) is 0 Å². The maximum Gasteiger partial charge on any atom is 0.192 e. The molecule has 0 saturated carbocycles. The summed E-state index contributed by atoms with van der Waals surface area (Å²) < 4.78 is 8.59. The molecule has 0 saturated heterocycles. The van der Waals surface area contributed by atoms with Gasteiger partial charge in [-0.1, -0.05) is 51.1 Å². The summed E-state index contributed by atoms with van der Waals surface area (Å²) >= 11 is 0. The van der Waals surface area contributed by atoms with Gasteiger partial charge in [-0.05, 0) is 35.8 Å². The summed E-state index contributed by atoms with van der Waals surface area (Å²) in [5, 5.41) is 0.195. The van der Waals surface area contributed by atoms with E-state index in [0.717, 1.165) is 17.1 Å². The largest absolute Gasteiger partial charge is 0.411 e. The quantitative estimate of drug-likeness (QED) is 0.446. The molecule has 4 rings (SSSR count). The number of nitrogens with zero attached hydrogens (tertiary/aromatic N) is 3. The summed E-state index contributed by atoms with van der Waals surface area (Å²) in [4.78, 5) is 9.32. The Morgan fingerprint density at radius 3 is 2.63 bits per heavy atom. The van der Waals surface area contributed by atoms with Gasteiger partial charge < -0.3 is 8.99 Å². The maximum absolute atomic E-state index is 6.38. The number of fused-ring (bicyclic) bond motifs is 3. The Labute approximate surface area is 162 Å². The molecule has 4 nitrogen and oxygen atoms in total. The molecular weight excluding hydrogens is 350 g/mol. The van der Waals surface area contributed by atoms with Gasteiger partial charge >= 0.3 is 0 Å². The average Bonchev–Trinajstić information content (AvgIpc) is 3.20. The van der Waals surface area contributed by atoms with E-state index in [4.69, 9.17) is 9.41 Å². The number of benzene rings is 1. The first-order chi connectivity index (χ1) is 12.8. The molecule has 0 fully saturated rings. The molecule has 0 amide bonds. The summed E-state index contributed by atoms with van der Waals surface area (Å²) in [6.07, 6.45) is 3.84. The molecule has 1 aliphatic rings. The van der Waals surface area contributed by atoms with Crippen molar-refractivity contribution in [3.8, 4) is 11.3 Å². The van der Waals surface area contributed by atoms with E-state index in [9.17, 15) is 0 Å². The van der Waals surface area contributed by atoms with Crippen molar-refractivity contribution in [1.82, 2.24) is 14.5 Å². The minimum absolute atomic E-state index is 0.0755. The van der Waals surface area contributed by atoms with Crippen LogP contribution in [0, 0.1) is 0 Å². The fourth-order valence-corrected chi connectivity index (χ4v) is 4.28. The van der Waals surface area contributed by atoms with Crippen LogP contribution in [0.2, 0.25) is 18.1 Å². The van der Waals surface area contributed by atoms with Crippen LogP contribution in [-0.4, -0.2) is 22.9 Å². The summed E-state index contributed by atoms with van der Waals surface area (Å²) in [6.45, 7) is 11.9. The molecule has 1 unspecified atom stereocenters. The molecule has 0 N–H and O–H groups in total. The summed E-state index contributed by atoms with van der Waals surface area (Å²) in [7, 11) is -1.80. The zero-order valence-corrected chi connectivity index (χ0v) is 17.7. The van der Waals surface area contributed by atoms with Crippen molar-refractivity contribution in [1.29, 1.82) is 0 Å². The highest BCUT2D eigenvalue weighted by molar-refractivity contribution is 6.74. The molecule has 0 aliphatic carbocycles. The van der Waals surface area contributed by atoms with Crippen molar-refractivity contribution in [3.63, 3.8) is 0 Å². The predicted octanol–water partition coefficient (Wildman–Crippen LogP) is 5.42. The zero-order valence-electron chi connectivity index (χ0n) is 16.7. The Kier molecular flexibility index (Phi) is 4.32. The third-order valence-corrected chi connectivity index (χ3v) is 10.4. The molecule has 3 heterocycles. The van der Waals surface area contributed by atoms with Crippen LogP contribution in [0.1, 0.15) is 43.8 Å². The van der Waals surface area contributed by atoms with Gasteiger partial charge in [0.1, 0.15) is 6.04 Å². The van der Waals surface area contributed by atoms with Crippen molar-refractivity contribution in [2.45, 2.75) is 51.6 Å². The molecular formula is C22H27N3OSi. The smallest absolute Gasteiger partial charge is 0.192 e. The predicted molar refractivity (Wildman–Crippen MR) is 111 cm³/mol. The van der Waals surface area contributed by atoms with Crippen LogP contribution < -0.4 is 0 Å². The third kappa shape index (κ3) is 3.15. The van der Waals surface area contributed by atoms with Crippen LogP contribution in [0.25, 0.3) is 11.3 Å². The SMILES string of the molecule is CC(C)(C)[Si](C)(C)OCc1cccc(C2c3ccccc3-c3cncn32)n1. The van der Waals surface area contributed by atoms with Gasteiger partial charge in [-0.3, -0.25) is 4.98 Å².